The fraction of sp³-hybridized carbons (Fsp3) is 0.346. The predicted octanol–water partition coefficient (Wildman–Crippen LogP) is 3.85. The summed E-state index contributed by atoms with van der Waals surface area (Å²) in [5.41, 5.74) is 10.5. The lowest BCUT2D eigenvalue weighted by Crippen LogP contribution is -2.27. The second-order valence-electron chi connectivity index (χ2n) is 9.32. The van der Waals surface area contributed by atoms with Crippen molar-refractivity contribution >= 4 is 17.5 Å². The number of nitrogens with two attached hydrogens (primary N) is 1. The van der Waals surface area contributed by atoms with Crippen LogP contribution in [0.25, 0.3) is 0 Å². The van der Waals surface area contributed by atoms with Gasteiger partial charge in [0.25, 0.3) is 5.91 Å². The number of hydrogen-bond donors (Lipinski definition) is 3. The minimum absolute atomic E-state index is 0.0562. The molecule has 0 aliphatic heterocycles. The first-order chi connectivity index (χ1) is 15.6. The molecule has 3 aromatic rings. The zero-order valence-electron chi connectivity index (χ0n) is 20.0. The van der Waals surface area contributed by atoms with E-state index >= 15 is 0 Å². The number of hydrogen-bond acceptors (Lipinski definition) is 4. The normalized spacial score (nSPS) is 12.3. The molecule has 2 aromatic carbocycles. The van der Waals surface area contributed by atoms with Gasteiger partial charge in [-0.15, -0.1) is 0 Å². The molecule has 1 atom stereocenters. The average Bonchev–Trinajstić information content (AvgIpc) is 3.20. The number of aromatic nitrogens is 2. The second-order valence-corrected chi connectivity index (χ2v) is 9.32. The third kappa shape index (κ3) is 6.08. The average molecular weight is 448 g/mol. The van der Waals surface area contributed by atoms with Gasteiger partial charge in [0, 0.05) is 31.2 Å². The predicted molar refractivity (Wildman–Crippen MR) is 131 cm³/mol. The lowest BCUT2D eigenvalue weighted by atomic mass is 9.92. The number of nitrogens with one attached hydrogen (secondary N) is 2. The lowest BCUT2D eigenvalue weighted by molar-refractivity contribution is -0.122. The van der Waals surface area contributed by atoms with Crippen LogP contribution in [-0.2, 0) is 30.3 Å². The summed E-state index contributed by atoms with van der Waals surface area (Å²) in [5, 5.41) is 10.3. The van der Waals surface area contributed by atoms with Crippen molar-refractivity contribution in [3.8, 4) is 0 Å². The maximum Gasteiger partial charge on any atom is 0.273 e. The molecule has 1 unspecified atom stereocenters. The molecule has 0 fully saturated rings. The number of anilines is 1. The fourth-order valence-electron chi connectivity index (χ4n) is 3.38. The fourth-order valence-corrected chi connectivity index (χ4v) is 3.38. The third-order valence-corrected chi connectivity index (χ3v) is 5.67. The number of carbonyl (C=O) groups excluding carboxylic acids is 2. The van der Waals surface area contributed by atoms with E-state index in [-0.39, 0.29) is 23.1 Å². The maximum atomic E-state index is 12.7. The first-order valence-corrected chi connectivity index (χ1v) is 11.1. The standard InChI is InChI=1S/C26H33N5O2/c1-17(24(32)28-16-19-8-6-18(15-27)7-9-19)20-10-12-21(13-11-20)29-25(33)22-14-23(26(2,3)4)30-31(22)5/h6-14,17H,15-16,27H2,1-5H3,(H,28,32)(H,29,33). The zero-order valence-corrected chi connectivity index (χ0v) is 20.0. The highest BCUT2D eigenvalue weighted by Crippen LogP contribution is 2.23. The third-order valence-electron chi connectivity index (χ3n) is 5.67. The van der Waals surface area contributed by atoms with Gasteiger partial charge in [0.15, 0.2) is 0 Å². The monoisotopic (exact) mass is 447 g/mol. The molecule has 3 rings (SSSR count). The van der Waals surface area contributed by atoms with E-state index in [2.05, 4.69) is 36.5 Å². The van der Waals surface area contributed by atoms with E-state index in [0.717, 1.165) is 22.4 Å². The molecule has 0 saturated carbocycles. The van der Waals surface area contributed by atoms with Gasteiger partial charge in [-0.25, -0.2) is 0 Å². The summed E-state index contributed by atoms with van der Waals surface area (Å²) in [6, 6.07) is 17.0. The second kappa shape index (κ2) is 10.0. The minimum atomic E-state index is -0.315. The number of carbonyl (C=O) groups is 2. The van der Waals surface area contributed by atoms with Crippen molar-refractivity contribution in [2.75, 3.05) is 5.32 Å². The van der Waals surface area contributed by atoms with Crippen LogP contribution in [0, 0.1) is 0 Å². The number of benzene rings is 2. The van der Waals surface area contributed by atoms with Crippen molar-refractivity contribution in [3.63, 3.8) is 0 Å². The minimum Gasteiger partial charge on any atom is -0.352 e. The van der Waals surface area contributed by atoms with Crippen molar-refractivity contribution in [1.82, 2.24) is 15.1 Å². The van der Waals surface area contributed by atoms with Crippen molar-refractivity contribution in [1.29, 1.82) is 0 Å². The Morgan fingerprint density at radius 3 is 2.18 bits per heavy atom. The van der Waals surface area contributed by atoms with Crippen LogP contribution in [0.15, 0.2) is 54.6 Å². The number of rotatable bonds is 7. The van der Waals surface area contributed by atoms with Crippen LogP contribution >= 0.6 is 0 Å². The highest BCUT2D eigenvalue weighted by atomic mass is 16.2. The first-order valence-electron chi connectivity index (χ1n) is 11.1. The molecule has 2 amide bonds. The Kier molecular flexibility index (Phi) is 7.33. The van der Waals surface area contributed by atoms with Crippen molar-refractivity contribution in [3.05, 3.63) is 82.7 Å². The van der Waals surface area contributed by atoms with Crippen LogP contribution in [0.5, 0.6) is 0 Å². The van der Waals surface area contributed by atoms with Gasteiger partial charge < -0.3 is 16.4 Å². The largest absolute Gasteiger partial charge is 0.352 e. The van der Waals surface area contributed by atoms with E-state index in [1.165, 1.54) is 0 Å². The molecule has 0 saturated heterocycles. The molecular weight excluding hydrogens is 414 g/mol. The van der Waals surface area contributed by atoms with Gasteiger partial charge in [-0.1, -0.05) is 57.2 Å². The molecule has 0 aliphatic carbocycles. The molecule has 7 nitrogen and oxygen atoms in total. The Bertz CT molecular complexity index is 1110. The summed E-state index contributed by atoms with van der Waals surface area (Å²) in [6.45, 7) is 9.01. The van der Waals surface area contributed by atoms with Crippen molar-refractivity contribution in [2.24, 2.45) is 12.8 Å². The van der Waals surface area contributed by atoms with Crippen LogP contribution in [0.3, 0.4) is 0 Å². The van der Waals surface area contributed by atoms with Crippen LogP contribution < -0.4 is 16.4 Å². The Hall–Kier alpha value is -3.45. The van der Waals surface area contributed by atoms with Crippen LogP contribution in [-0.4, -0.2) is 21.6 Å². The molecule has 0 aliphatic rings. The summed E-state index contributed by atoms with van der Waals surface area (Å²) >= 11 is 0. The molecule has 0 radical (unpaired) electrons. The molecule has 4 N–H and O–H groups in total. The van der Waals surface area contributed by atoms with E-state index in [0.29, 0.717) is 24.5 Å². The Morgan fingerprint density at radius 2 is 1.64 bits per heavy atom. The van der Waals surface area contributed by atoms with Crippen LogP contribution in [0.1, 0.15) is 66.5 Å². The van der Waals surface area contributed by atoms with Crippen LogP contribution in [0.2, 0.25) is 0 Å². The maximum absolute atomic E-state index is 12.7. The SMILES string of the molecule is CC(C(=O)NCc1ccc(CN)cc1)c1ccc(NC(=O)c2cc(C(C)(C)C)nn2C)cc1. The molecule has 0 bridgehead atoms. The van der Waals surface area contributed by atoms with Gasteiger partial charge >= 0.3 is 0 Å². The lowest BCUT2D eigenvalue weighted by Gasteiger charge is -2.14. The van der Waals surface area contributed by atoms with Gasteiger partial charge in [-0.3, -0.25) is 14.3 Å². The molecule has 174 valence electrons. The number of amides is 2. The number of aryl methyl sites for hydroxylation is 1. The molecule has 7 heteroatoms. The molecule has 33 heavy (non-hydrogen) atoms. The summed E-state index contributed by atoms with van der Waals surface area (Å²) in [5.74, 6) is -0.594. The van der Waals surface area contributed by atoms with Gasteiger partial charge in [0.2, 0.25) is 5.91 Å². The summed E-state index contributed by atoms with van der Waals surface area (Å²) < 4.78 is 1.60. The van der Waals surface area contributed by atoms with Gasteiger partial charge in [0.1, 0.15) is 5.69 Å². The summed E-state index contributed by atoms with van der Waals surface area (Å²) in [4.78, 5) is 25.3. The quantitative estimate of drug-likeness (QED) is 0.512. The first kappa shape index (κ1) is 24.2. The van der Waals surface area contributed by atoms with Crippen molar-refractivity contribution in [2.45, 2.75) is 52.1 Å². The Morgan fingerprint density at radius 1 is 1.03 bits per heavy atom. The Labute approximate surface area is 195 Å². The van der Waals surface area contributed by atoms with E-state index < -0.39 is 0 Å². The topological polar surface area (TPSA) is 102 Å². The summed E-state index contributed by atoms with van der Waals surface area (Å²) in [6.07, 6.45) is 0. The highest BCUT2D eigenvalue weighted by molar-refractivity contribution is 6.03. The van der Waals surface area contributed by atoms with Gasteiger partial charge in [0.05, 0.1) is 11.6 Å². The van der Waals surface area contributed by atoms with E-state index in [9.17, 15) is 9.59 Å². The molecule has 1 aromatic heterocycles. The van der Waals surface area contributed by atoms with E-state index in [1.807, 2.05) is 61.5 Å². The molecule has 0 spiro atoms. The summed E-state index contributed by atoms with van der Waals surface area (Å²) in [7, 11) is 1.76. The smallest absolute Gasteiger partial charge is 0.273 e. The van der Waals surface area contributed by atoms with E-state index in [1.54, 1.807) is 11.7 Å². The molecule has 1 heterocycles. The van der Waals surface area contributed by atoms with Crippen LogP contribution in [0.4, 0.5) is 5.69 Å². The van der Waals surface area contributed by atoms with Gasteiger partial charge in [-0.2, -0.15) is 5.10 Å². The van der Waals surface area contributed by atoms with Gasteiger partial charge in [-0.05, 0) is 41.8 Å². The Balaban J connectivity index is 1.59. The highest BCUT2D eigenvalue weighted by Gasteiger charge is 2.22. The van der Waals surface area contributed by atoms with E-state index in [4.69, 9.17) is 5.73 Å². The molecular formula is C26H33N5O2. The zero-order chi connectivity index (χ0) is 24.2. The van der Waals surface area contributed by atoms with Crippen molar-refractivity contribution < 1.29 is 9.59 Å². The number of nitrogens with zero attached hydrogens (tertiary/aromatic N) is 2.